The summed E-state index contributed by atoms with van der Waals surface area (Å²) in [6.07, 6.45) is 38.2. The molecule has 4 N–H and O–H groups in total. The molecule has 0 fully saturated rings. The van der Waals surface area contributed by atoms with E-state index >= 15 is 0 Å². The predicted octanol–water partition coefficient (Wildman–Crippen LogP) is 15.9. The van der Waals surface area contributed by atoms with Crippen LogP contribution in [0.3, 0.4) is 0 Å². The van der Waals surface area contributed by atoms with Crippen molar-refractivity contribution in [3.8, 4) is 0 Å². The Bertz CT molecular complexity index is 1480. The third kappa shape index (κ3) is 19.7. The molecule has 0 saturated heterocycles. The topological polar surface area (TPSA) is 52.0 Å². The summed E-state index contributed by atoms with van der Waals surface area (Å²) in [4.78, 5) is 0. The molecular weight excluding hydrogens is 689 g/mol. The molecule has 0 bridgehead atoms. The quantitative estimate of drug-likeness (QED) is 0.0384. The van der Waals surface area contributed by atoms with Gasteiger partial charge in [-0.15, -0.1) is 0 Å². The minimum atomic E-state index is 0.890. The maximum atomic E-state index is 6.11. The van der Waals surface area contributed by atoms with Crippen LogP contribution in [0, 0.1) is 0 Å². The molecule has 0 aromatic heterocycles. The standard InChI is InChI=1S/C55H82N2/c1-3-5-22-28-50-44-54(56)40-38-52(50)42-48-34-30-46(31-35-48)26-24-20-18-16-14-12-10-8-7-9-11-13-15-17-19-21-25-27-47-32-36-49(37-33-47)43-53-39-41-55(57)45-51(53)29-23-6-4-2/h30-41,44-45H,3-29,42-43,56-57H2,1-2H3. The average Bonchev–Trinajstić information content (AvgIpc) is 3.22. The molecule has 2 heteroatoms. The zero-order valence-electron chi connectivity index (χ0n) is 36.7. The Kier molecular flexibility index (Phi) is 23.3. The van der Waals surface area contributed by atoms with Gasteiger partial charge in [-0.3, -0.25) is 0 Å². The molecule has 0 aliphatic carbocycles. The van der Waals surface area contributed by atoms with Crippen LogP contribution in [0.2, 0.25) is 0 Å². The molecule has 4 rings (SSSR count). The number of aryl methyl sites for hydroxylation is 4. The van der Waals surface area contributed by atoms with Crippen LogP contribution >= 0.6 is 0 Å². The predicted molar refractivity (Wildman–Crippen MR) is 253 cm³/mol. The smallest absolute Gasteiger partial charge is 0.0316 e. The van der Waals surface area contributed by atoms with Gasteiger partial charge in [0.1, 0.15) is 0 Å². The molecule has 0 unspecified atom stereocenters. The number of unbranched alkanes of at least 4 members (excludes halogenated alkanes) is 20. The second-order valence-electron chi connectivity index (χ2n) is 17.5. The molecule has 0 amide bonds. The van der Waals surface area contributed by atoms with E-state index in [1.165, 1.54) is 205 Å². The van der Waals surface area contributed by atoms with Gasteiger partial charge in [0.05, 0.1) is 0 Å². The lowest BCUT2D eigenvalue weighted by Crippen LogP contribution is -1.99. The molecule has 0 aliphatic rings. The molecule has 0 saturated carbocycles. The number of hydrogen-bond donors (Lipinski definition) is 2. The number of nitrogens with two attached hydrogens (primary N) is 2. The number of hydrogen-bond acceptors (Lipinski definition) is 2. The Morgan fingerprint density at radius 2 is 0.561 bits per heavy atom. The van der Waals surface area contributed by atoms with E-state index in [1.807, 2.05) is 0 Å². The van der Waals surface area contributed by atoms with E-state index in [2.05, 4.69) is 98.8 Å². The van der Waals surface area contributed by atoms with Gasteiger partial charge in [0.15, 0.2) is 0 Å². The van der Waals surface area contributed by atoms with Crippen LogP contribution in [0.25, 0.3) is 0 Å². The van der Waals surface area contributed by atoms with E-state index < -0.39 is 0 Å². The van der Waals surface area contributed by atoms with Crippen LogP contribution in [-0.4, -0.2) is 0 Å². The van der Waals surface area contributed by atoms with Crippen molar-refractivity contribution in [1.29, 1.82) is 0 Å². The summed E-state index contributed by atoms with van der Waals surface area (Å²) in [5.41, 5.74) is 25.6. The highest BCUT2D eigenvalue weighted by atomic mass is 14.5. The molecule has 2 nitrogen and oxygen atoms in total. The molecule has 0 heterocycles. The number of benzene rings is 4. The third-order valence-electron chi connectivity index (χ3n) is 12.3. The molecule has 57 heavy (non-hydrogen) atoms. The van der Waals surface area contributed by atoms with Gasteiger partial charge in [0.25, 0.3) is 0 Å². The van der Waals surface area contributed by atoms with Gasteiger partial charge >= 0.3 is 0 Å². The van der Waals surface area contributed by atoms with Crippen molar-refractivity contribution < 1.29 is 0 Å². The van der Waals surface area contributed by atoms with Crippen LogP contribution in [0.5, 0.6) is 0 Å². The van der Waals surface area contributed by atoms with E-state index in [0.717, 1.165) is 37.1 Å². The molecule has 0 atom stereocenters. The van der Waals surface area contributed by atoms with Crippen molar-refractivity contribution >= 4 is 11.4 Å². The van der Waals surface area contributed by atoms with Gasteiger partial charge in [-0.2, -0.15) is 0 Å². The number of anilines is 2. The molecule has 0 radical (unpaired) electrons. The second kappa shape index (κ2) is 28.8. The first-order chi connectivity index (χ1) is 28.0. The Morgan fingerprint density at radius 3 is 0.877 bits per heavy atom. The lowest BCUT2D eigenvalue weighted by Gasteiger charge is -2.11. The minimum Gasteiger partial charge on any atom is -0.399 e. The van der Waals surface area contributed by atoms with Crippen LogP contribution in [0.1, 0.15) is 206 Å². The van der Waals surface area contributed by atoms with Gasteiger partial charge in [-0.1, -0.05) is 197 Å². The van der Waals surface area contributed by atoms with Crippen LogP contribution in [0.15, 0.2) is 84.9 Å². The van der Waals surface area contributed by atoms with Crippen molar-refractivity contribution in [2.75, 3.05) is 11.5 Å². The zero-order chi connectivity index (χ0) is 40.2. The summed E-state index contributed by atoms with van der Waals surface area (Å²) >= 11 is 0. The molecular formula is C55H82N2. The normalized spacial score (nSPS) is 11.4. The van der Waals surface area contributed by atoms with Crippen molar-refractivity contribution in [3.05, 3.63) is 129 Å². The highest BCUT2D eigenvalue weighted by Crippen LogP contribution is 2.23. The summed E-state index contributed by atoms with van der Waals surface area (Å²) in [7, 11) is 0. The monoisotopic (exact) mass is 771 g/mol. The number of nitrogen functional groups attached to an aromatic ring is 2. The third-order valence-corrected chi connectivity index (χ3v) is 12.3. The van der Waals surface area contributed by atoms with Crippen molar-refractivity contribution in [3.63, 3.8) is 0 Å². The maximum Gasteiger partial charge on any atom is 0.0316 e. The highest BCUT2D eigenvalue weighted by Gasteiger charge is 2.07. The fraction of sp³-hybridized carbons (Fsp3) is 0.564. The first-order valence-electron chi connectivity index (χ1n) is 23.9. The van der Waals surface area contributed by atoms with Gasteiger partial charge in [-0.05, 0) is 133 Å². The Balaban J connectivity index is 0.911. The summed E-state index contributed by atoms with van der Waals surface area (Å²) in [6.45, 7) is 4.54. The van der Waals surface area contributed by atoms with Gasteiger partial charge < -0.3 is 11.5 Å². The largest absolute Gasteiger partial charge is 0.399 e. The first-order valence-corrected chi connectivity index (χ1v) is 23.9. The van der Waals surface area contributed by atoms with Crippen LogP contribution in [0.4, 0.5) is 11.4 Å². The second-order valence-corrected chi connectivity index (χ2v) is 17.5. The summed E-state index contributed by atoms with van der Waals surface area (Å²) in [5.74, 6) is 0. The van der Waals surface area contributed by atoms with Crippen molar-refractivity contribution in [2.24, 2.45) is 0 Å². The Morgan fingerprint density at radius 1 is 0.281 bits per heavy atom. The van der Waals surface area contributed by atoms with E-state index in [-0.39, 0.29) is 0 Å². The lowest BCUT2D eigenvalue weighted by molar-refractivity contribution is 0.525. The summed E-state index contributed by atoms with van der Waals surface area (Å²) < 4.78 is 0. The van der Waals surface area contributed by atoms with E-state index in [9.17, 15) is 0 Å². The molecule has 4 aromatic carbocycles. The molecule has 312 valence electrons. The zero-order valence-corrected chi connectivity index (χ0v) is 36.7. The fourth-order valence-corrected chi connectivity index (χ4v) is 8.63. The van der Waals surface area contributed by atoms with E-state index in [0.29, 0.717) is 0 Å². The van der Waals surface area contributed by atoms with Crippen molar-refractivity contribution in [2.45, 2.75) is 200 Å². The van der Waals surface area contributed by atoms with Gasteiger partial charge in [-0.25, -0.2) is 0 Å². The van der Waals surface area contributed by atoms with E-state index in [1.54, 1.807) is 0 Å². The molecule has 0 spiro atoms. The van der Waals surface area contributed by atoms with Crippen LogP contribution in [-0.2, 0) is 38.5 Å². The van der Waals surface area contributed by atoms with Gasteiger partial charge in [0.2, 0.25) is 0 Å². The van der Waals surface area contributed by atoms with Crippen molar-refractivity contribution in [1.82, 2.24) is 0 Å². The number of rotatable bonds is 32. The Hall–Kier alpha value is -3.52. The summed E-state index contributed by atoms with van der Waals surface area (Å²) in [6, 6.07) is 31.8. The highest BCUT2D eigenvalue weighted by molar-refractivity contribution is 5.47. The lowest BCUT2D eigenvalue weighted by atomic mass is 9.95. The minimum absolute atomic E-state index is 0.890. The maximum absolute atomic E-state index is 6.11. The van der Waals surface area contributed by atoms with E-state index in [4.69, 9.17) is 11.5 Å². The molecule has 4 aromatic rings. The Labute approximate surface area is 351 Å². The summed E-state index contributed by atoms with van der Waals surface area (Å²) in [5, 5.41) is 0. The first kappa shape index (κ1) is 46.2. The molecule has 0 aliphatic heterocycles. The van der Waals surface area contributed by atoms with Gasteiger partial charge in [0, 0.05) is 11.4 Å². The average molecular weight is 771 g/mol. The fourth-order valence-electron chi connectivity index (χ4n) is 8.63. The SMILES string of the molecule is CCCCCc1cc(N)ccc1Cc1ccc(CCCCCCCCCCCCCCCCCCCc2ccc(Cc3ccc(N)cc3CCCCC)cc2)cc1. The van der Waals surface area contributed by atoms with Crippen LogP contribution < -0.4 is 11.5 Å².